The Morgan fingerprint density at radius 3 is 2.33 bits per heavy atom. The van der Waals surface area contributed by atoms with Gasteiger partial charge in [-0.05, 0) is 50.2 Å². The summed E-state index contributed by atoms with van der Waals surface area (Å²) in [6.07, 6.45) is 0. The summed E-state index contributed by atoms with van der Waals surface area (Å²) in [5.41, 5.74) is 1.07. The summed E-state index contributed by atoms with van der Waals surface area (Å²) in [7, 11) is 0. The van der Waals surface area contributed by atoms with Crippen molar-refractivity contribution in [2.45, 2.75) is 25.4 Å². The van der Waals surface area contributed by atoms with Crippen LogP contribution in [0.25, 0.3) is 0 Å². The van der Waals surface area contributed by atoms with Gasteiger partial charge in [-0.25, -0.2) is 9.18 Å². The normalized spacial score (nSPS) is 21.1. The lowest BCUT2D eigenvalue weighted by Crippen LogP contribution is -2.70. The fourth-order valence-electron chi connectivity index (χ4n) is 4.52. The molecule has 0 bridgehead atoms. The molecule has 2 aliphatic heterocycles. The number of benzene rings is 2. The SMILES string of the molecule is CC1(C)CN(C(=O)c2ccccc2)C[C@@H]2CN(C(=O)Nc3ccc(F)cc3)CCN21. The first-order valence-corrected chi connectivity index (χ1v) is 10.3. The largest absolute Gasteiger partial charge is 0.335 e. The molecule has 7 heteroatoms. The molecule has 1 atom stereocenters. The van der Waals surface area contributed by atoms with Crippen LogP contribution in [-0.2, 0) is 0 Å². The maximum absolute atomic E-state index is 13.1. The topological polar surface area (TPSA) is 55.9 Å². The van der Waals surface area contributed by atoms with Crippen molar-refractivity contribution in [1.82, 2.24) is 14.7 Å². The molecule has 2 aliphatic rings. The first-order chi connectivity index (χ1) is 14.3. The van der Waals surface area contributed by atoms with Crippen LogP contribution in [0.4, 0.5) is 14.9 Å². The van der Waals surface area contributed by atoms with E-state index in [0.717, 1.165) is 6.54 Å². The predicted octanol–water partition coefficient (Wildman–Crippen LogP) is 3.28. The molecule has 2 saturated heterocycles. The minimum absolute atomic E-state index is 0.0243. The highest BCUT2D eigenvalue weighted by atomic mass is 19.1. The Hall–Kier alpha value is -2.93. The molecule has 2 heterocycles. The lowest BCUT2D eigenvalue weighted by molar-refractivity contribution is -0.0472. The second-order valence-electron chi connectivity index (χ2n) is 8.59. The van der Waals surface area contributed by atoms with Gasteiger partial charge < -0.3 is 15.1 Å². The van der Waals surface area contributed by atoms with Gasteiger partial charge in [0.25, 0.3) is 5.91 Å². The number of carbonyl (C=O) groups excluding carboxylic acids is 2. The van der Waals surface area contributed by atoms with Gasteiger partial charge in [0.15, 0.2) is 0 Å². The second kappa shape index (κ2) is 8.07. The van der Waals surface area contributed by atoms with Gasteiger partial charge in [-0.3, -0.25) is 9.69 Å². The first kappa shape index (κ1) is 20.3. The average molecular weight is 410 g/mol. The highest BCUT2D eigenvalue weighted by molar-refractivity contribution is 5.94. The number of amides is 3. The molecular formula is C23H27FN4O2. The van der Waals surface area contributed by atoms with E-state index in [1.54, 1.807) is 17.0 Å². The van der Waals surface area contributed by atoms with Crippen LogP contribution in [0.3, 0.4) is 0 Å². The number of fused-ring (bicyclic) bond motifs is 1. The minimum atomic E-state index is -0.339. The third-order valence-corrected chi connectivity index (χ3v) is 5.96. The molecule has 0 unspecified atom stereocenters. The van der Waals surface area contributed by atoms with E-state index in [9.17, 15) is 14.0 Å². The number of halogens is 1. The Balaban J connectivity index is 1.46. The average Bonchev–Trinajstić information content (AvgIpc) is 2.74. The van der Waals surface area contributed by atoms with Crippen molar-refractivity contribution in [1.29, 1.82) is 0 Å². The fraction of sp³-hybridized carbons (Fsp3) is 0.391. The molecule has 2 fully saturated rings. The Bertz CT molecular complexity index is 917. The van der Waals surface area contributed by atoms with Crippen LogP contribution in [0.2, 0.25) is 0 Å². The highest BCUT2D eigenvalue weighted by Crippen LogP contribution is 2.29. The number of urea groups is 1. The number of nitrogens with one attached hydrogen (secondary N) is 1. The number of nitrogens with zero attached hydrogens (tertiary/aromatic N) is 3. The van der Waals surface area contributed by atoms with Gasteiger partial charge in [0, 0.05) is 55.6 Å². The molecular weight excluding hydrogens is 383 g/mol. The van der Waals surface area contributed by atoms with E-state index >= 15 is 0 Å². The lowest BCUT2D eigenvalue weighted by Gasteiger charge is -2.55. The smallest absolute Gasteiger partial charge is 0.321 e. The monoisotopic (exact) mass is 410 g/mol. The van der Waals surface area contributed by atoms with E-state index in [2.05, 4.69) is 24.1 Å². The zero-order valence-electron chi connectivity index (χ0n) is 17.3. The summed E-state index contributed by atoms with van der Waals surface area (Å²) >= 11 is 0. The molecule has 3 amide bonds. The second-order valence-corrected chi connectivity index (χ2v) is 8.59. The maximum Gasteiger partial charge on any atom is 0.321 e. The molecule has 0 aliphatic carbocycles. The number of rotatable bonds is 2. The number of piperazine rings is 2. The van der Waals surface area contributed by atoms with Gasteiger partial charge in [-0.2, -0.15) is 0 Å². The molecule has 0 radical (unpaired) electrons. The van der Waals surface area contributed by atoms with Crippen molar-refractivity contribution in [2.24, 2.45) is 0 Å². The number of hydrogen-bond acceptors (Lipinski definition) is 3. The Labute approximate surface area is 176 Å². The van der Waals surface area contributed by atoms with Gasteiger partial charge in [-0.1, -0.05) is 18.2 Å². The van der Waals surface area contributed by atoms with E-state index in [0.29, 0.717) is 37.4 Å². The summed E-state index contributed by atoms with van der Waals surface area (Å²) in [6.45, 7) is 7.43. The van der Waals surface area contributed by atoms with Gasteiger partial charge in [0.1, 0.15) is 5.82 Å². The maximum atomic E-state index is 13.1. The summed E-state index contributed by atoms with van der Waals surface area (Å²) in [5, 5.41) is 2.84. The van der Waals surface area contributed by atoms with Crippen molar-refractivity contribution in [3.05, 3.63) is 66.0 Å². The van der Waals surface area contributed by atoms with Crippen LogP contribution in [0.5, 0.6) is 0 Å². The van der Waals surface area contributed by atoms with E-state index < -0.39 is 0 Å². The standard InChI is InChI=1S/C23H27FN4O2/c1-23(2)16-27(21(29)17-6-4-3-5-7-17)15-20-14-26(12-13-28(20)23)22(30)25-19-10-8-18(24)9-11-19/h3-11,20H,12-16H2,1-2H3,(H,25,30)/t20-/m0/s1. The molecule has 4 rings (SSSR count). The van der Waals surface area contributed by atoms with Crippen LogP contribution < -0.4 is 5.32 Å². The molecule has 30 heavy (non-hydrogen) atoms. The van der Waals surface area contributed by atoms with Crippen molar-refractivity contribution in [3.63, 3.8) is 0 Å². The molecule has 0 spiro atoms. The van der Waals surface area contributed by atoms with E-state index in [1.165, 1.54) is 12.1 Å². The summed E-state index contributed by atoms with van der Waals surface area (Å²) in [5.74, 6) is -0.314. The number of anilines is 1. The Morgan fingerprint density at radius 2 is 1.63 bits per heavy atom. The number of hydrogen-bond donors (Lipinski definition) is 1. The molecule has 0 saturated carbocycles. The summed E-state index contributed by atoms with van der Waals surface area (Å²) < 4.78 is 13.1. The van der Waals surface area contributed by atoms with Gasteiger partial charge in [-0.15, -0.1) is 0 Å². The zero-order valence-corrected chi connectivity index (χ0v) is 17.3. The van der Waals surface area contributed by atoms with Crippen molar-refractivity contribution < 1.29 is 14.0 Å². The van der Waals surface area contributed by atoms with Crippen LogP contribution in [0.1, 0.15) is 24.2 Å². The fourth-order valence-corrected chi connectivity index (χ4v) is 4.52. The van der Waals surface area contributed by atoms with Crippen LogP contribution >= 0.6 is 0 Å². The molecule has 158 valence electrons. The summed E-state index contributed by atoms with van der Waals surface area (Å²) in [4.78, 5) is 31.9. The summed E-state index contributed by atoms with van der Waals surface area (Å²) in [6, 6.07) is 14.9. The molecule has 0 aromatic heterocycles. The van der Waals surface area contributed by atoms with E-state index in [1.807, 2.05) is 35.2 Å². The zero-order chi connectivity index (χ0) is 21.3. The van der Waals surface area contributed by atoms with Gasteiger partial charge in [0.05, 0.1) is 0 Å². The Morgan fingerprint density at radius 1 is 0.967 bits per heavy atom. The van der Waals surface area contributed by atoms with Gasteiger partial charge >= 0.3 is 6.03 Å². The van der Waals surface area contributed by atoms with E-state index in [4.69, 9.17) is 0 Å². The predicted molar refractivity (Wildman–Crippen MR) is 114 cm³/mol. The molecule has 2 aromatic rings. The molecule has 2 aromatic carbocycles. The van der Waals surface area contributed by atoms with Crippen LogP contribution in [0, 0.1) is 5.82 Å². The van der Waals surface area contributed by atoms with Crippen molar-refractivity contribution in [3.8, 4) is 0 Å². The Kier molecular flexibility index (Phi) is 5.47. The minimum Gasteiger partial charge on any atom is -0.335 e. The molecule has 1 N–H and O–H groups in total. The quantitative estimate of drug-likeness (QED) is 0.827. The van der Waals surface area contributed by atoms with Crippen molar-refractivity contribution in [2.75, 3.05) is 38.0 Å². The van der Waals surface area contributed by atoms with Gasteiger partial charge in [0.2, 0.25) is 0 Å². The highest BCUT2D eigenvalue weighted by Gasteiger charge is 2.44. The van der Waals surface area contributed by atoms with Crippen LogP contribution in [-0.4, -0.2) is 70.9 Å². The third-order valence-electron chi connectivity index (χ3n) is 5.96. The third kappa shape index (κ3) is 4.16. The number of carbonyl (C=O) groups is 2. The van der Waals surface area contributed by atoms with Crippen LogP contribution in [0.15, 0.2) is 54.6 Å². The molecule has 6 nitrogen and oxygen atoms in total. The van der Waals surface area contributed by atoms with E-state index in [-0.39, 0.29) is 29.3 Å². The lowest BCUT2D eigenvalue weighted by atomic mass is 9.92. The first-order valence-electron chi connectivity index (χ1n) is 10.3. The van der Waals surface area contributed by atoms with Crippen molar-refractivity contribution >= 4 is 17.6 Å².